The van der Waals surface area contributed by atoms with E-state index >= 15 is 0 Å². The van der Waals surface area contributed by atoms with Gasteiger partial charge in [0.25, 0.3) is 5.69 Å². The third-order valence-electron chi connectivity index (χ3n) is 1.68. The maximum absolute atomic E-state index is 12.2. The molecule has 1 nitrogen and oxygen atoms in total. The van der Waals surface area contributed by atoms with Crippen molar-refractivity contribution in [1.82, 2.24) is 0 Å². The summed E-state index contributed by atoms with van der Waals surface area (Å²) in [6, 6.07) is 1.35. The van der Waals surface area contributed by atoms with Crippen LogP contribution in [-0.4, -0.2) is 0 Å². The highest BCUT2D eigenvalue weighted by Gasteiger charge is 2.49. The molecule has 1 N–H and O–H groups in total. The van der Waals surface area contributed by atoms with Crippen molar-refractivity contribution in [2.75, 3.05) is 0 Å². The fourth-order valence-electron chi connectivity index (χ4n) is 1.06. The molecule has 84 valence electrons. The van der Waals surface area contributed by atoms with Crippen molar-refractivity contribution < 1.29 is 31.3 Å². The molecule has 0 atom stereocenters. The molecule has 0 radical (unpaired) electrons. The summed E-state index contributed by atoms with van der Waals surface area (Å²) in [5, 5.41) is 0. The summed E-state index contributed by atoms with van der Waals surface area (Å²) < 4.78 is 73.3. The van der Waals surface area contributed by atoms with E-state index in [2.05, 4.69) is 0 Å². The van der Waals surface area contributed by atoms with E-state index in [1.165, 1.54) is 6.92 Å². The lowest BCUT2D eigenvalue weighted by molar-refractivity contribution is -0.436. The van der Waals surface area contributed by atoms with Gasteiger partial charge in [0.2, 0.25) is 0 Å². The Kier molecular flexibility index (Phi) is 2.67. The van der Waals surface area contributed by atoms with Crippen LogP contribution in [0.3, 0.4) is 0 Å². The van der Waals surface area contributed by atoms with Gasteiger partial charge in [-0.25, -0.2) is 4.98 Å². The molecule has 7 heteroatoms. The van der Waals surface area contributed by atoms with Gasteiger partial charge in [0.05, 0.1) is 0 Å². The number of aromatic nitrogens is 1. The van der Waals surface area contributed by atoms with Crippen molar-refractivity contribution in [2.45, 2.75) is 19.3 Å². The molecular weight excluding hydrogens is 224 g/mol. The molecule has 15 heavy (non-hydrogen) atoms. The summed E-state index contributed by atoms with van der Waals surface area (Å²) in [5.74, 6) is 0. The molecule has 0 bridgehead atoms. The Morgan fingerprint density at radius 2 is 1.47 bits per heavy atom. The highest BCUT2D eigenvalue weighted by atomic mass is 19.4. The van der Waals surface area contributed by atoms with Crippen molar-refractivity contribution in [3.8, 4) is 0 Å². The van der Waals surface area contributed by atoms with Crippen molar-refractivity contribution in [3.63, 3.8) is 0 Å². The van der Waals surface area contributed by atoms with Crippen LogP contribution in [0.2, 0.25) is 0 Å². The molecule has 0 unspecified atom stereocenters. The minimum atomic E-state index is -5.04. The highest BCUT2D eigenvalue weighted by Crippen LogP contribution is 2.37. The third-order valence-corrected chi connectivity index (χ3v) is 1.68. The van der Waals surface area contributed by atoms with Gasteiger partial charge in [0.15, 0.2) is 5.69 Å². The second-order valence-corrected chi connectivity index (χ2v) is 2.93. The van der Waals surface area contributed by atoms with Gasteiger partial charge in [-0.15, -0.1) is 0 Å². The molecule has 0 aromatic carbocycles. The van der Waals surface area contributed by atoms with E-state index in [1.54, 1.807) is 4.98 Å². The van der Waals surface area contributed by atoms with Crippen LogP contribution in [0, 0.1) is 6.92 Å². The van der Waals surface area contributed by atoms with Gasteiger partial charge in [-0.1, -0.05) is 0 Å². The van der Waals surface area contributed by atoms with Crippen molar-refractivity contribution in [1.29, 1.82) is 0 Å². The number of aryl methyl sites for hydroxylation is 1. The zero-order valence-corrected chi connectivity index (χ0v) is 7.42. The van der Waals surface area contributed by atoms with Gasteiger partial charge >= 0.3 is 12.4 Å². The average Bonchev–Trinajstić information content (AvgIpc) is 2.00. The first-order valence-electron chi connectivity index (χ1n) is 3.79. The number of rotatable bonds is 0. The second kappa shape index (κ2) is 3.39. The molecule has 1 rings (SSSR count). The molecule has 0 saturated carbocycles. The standard InChI is InChI=1S/C8H5F6N/c1-4-2-3-5(7(9,10)11)6(15-4)8(12,13)14/h2-3H,1H3/p+1. The SMILES string of the molecule is Cc1ccc(C(F)(F)F)c(C(F)(F)F)[nH+]1. The summed E-state index contributed by atoms with van der Waals surface area (Å²) in [6.45, 7) is 1.25. The van der Waals surface area contributed by atoms with Crippen LogP contribution in [0.1, 0.15) is 17.0 Å². The molecular formula is C8H6F6N+. The van der Waals surface area contributed by atoms with E-state index < -0.39 is 23.6 Å². The first-order valence-corrected chi connectivity index (χ1v) is 3.79. The maximum atomic E-state index is 12.2. The topological polar surface area (TPSA) is 14.1 Å². The lowest BCUT2D eigenvalue weighted by Crippen LogP contribution is -2.29. The van der Waals surface area contributed by atoms with E-state index in [-0.39, 0.29) is 5.69 Å². The molecule has 0 fully saturated rings. The molecule has 0 aliphatic carbocycles. The van der Waals surface area contributed by atoms with E-state index in [4.69, 9.17) is 0 Å². The Labute approximate surface area is 80.7 Å². The van der Waals surface area contributed by atoms with Crippen LogP contribution in [0.25, 0.3) is 0 Å². The van der Waals surface area contributed by atoms with Crippen LogP contribution in [0.15, 0.2) is 12.1 Å². The van der Waals surface area contributed by atoms with Crippen molar-refractivity contribution in [2.24, 2.45) is 0 Å². The summed E-state index contributed by atoms with van der Waals surface area (Å²) in [6.07, 6.45) is -10.1. The molecule has 0 saturated heterocycles. The predicted octanol–water partition coefficient (Wildman–Crippen LogP) is 2.85. The van der Waals surface area contributed by atoms with Gasteiger partial charge in [-0.3, -0.25) is 0 Å². The number of pyridine rings is 1. The number of halogens is 6. The van der Waals surface area contributed by atoms with Crippen molar-refractivity contribution in [3.05, 3.63) is 29.1 Å². The molecule has 0 aliphatic rings. The largest absolute Gasteiger partial charge is 0.478 e. The van der Waals surface area contributed by atoms with Gasteiger partial charge in [0.1, 0.15) is 5.56 Å². The smallest absolute Gasteiger partial charge is 0.204 e. The summed E-state index contributed by atoms with van der Waals surface area (Å²) in [5.41, 5.74) is -3.47. The molecule has 1 heterocycles. The molecule has 0 spiro atoms. The van der Waals surface area contributed by atoms with Crippen LogP contribution >= 0.6 is 0 Å². The van der Waals surface area contributed by atoms with Gasteiger partial charge in [0, 0.05) is 13.0 Å². The summed E-state index contributed by atoms with van der Waals surface area (Å²) in [7, 11) is 0. The van der Waals surface area contributed by atoms with Crippen molar-refractivity contribution >= 4 is 0 Å². The fraction of sp³-hybridized carbons (Fsp3) is 0.375. The number of alkyl halides is 6. The van der Waals surface area contributed by atoms with E-state index in [9.17, 15) is 26.3 Å². The quantitative estimate of drug-likeness (QED) is 0.608. The molecule has 0 aliphatic heterocycles. The molecule has 1 aromatic rings. The normalized spacial score (nSPS) is 13.0. The fourth-order valence-corrected chi connectivity index (χ4v) is 1.06. The predicted molar refractivity (Wildman–Crippen MR) is 37.7 cm³/mol. The number of nitrogens with one attached hydrogen (secondary N) is 1. The number of hydrogen-bond donors (Lipinski definition) is 0. The number of aromatic amines is 1. The second-order valence-electron chi connectivity index (χ2n) is 2.93. The Morgan fingerprint density at radius 1 is 0.933 bits per heavy atom. The lowest BCUT2D eigenvalue weighted by Gasteiger charge is -2.09. The third kappa shape index (κ3) is 2.60. The summed E-state index contributed by atoms with van der Waals surface area (Å²) in [4.78, 5) is 1.68. The van der Waals surface area contributed by atoms with Gasteiger partial charge in [-0.2, -0.15) is 26.3 Å². The zero-order chi connectivity index (χ0) is 11.9. The zero-order valence-electron chi connectivity index (χ0n) is 7.42. The lowest BCUT2D eigenvalue weighted by atomic mass is 10.1. The van der Waals surface area contributed by atoms with E-state index in [0.717, 1.165) is 6.07 Å². The Bertz CT molecular complexity index is 364. The average molecular weight is 230 g/mol. The minimum absolute atomic E-state index is 0.00956. The minimum Gasteiger partial charge on any atom is -0.204 e. The Balaban J connectivity index is 3.41. The van der Waals surface area contributed by atoms with Crippen LogP contribution in [0.5, 0.6) is 0 Å². The number of hydrogen-bond acceptors (Lipinski definition) is 0. The first kappa shape index (κ1) is 11.8. The monoisotopic (exact) mass is 230 g/mol. The number of H-pyrrole nitrogens is 1. The molecule has 0 amide bonds. The highest BCUT2D eigenvalue weighted by molar-refractivity contribution is 5.22. The van der Waals surface area contributed by atoms with E-state index in [1.807, 2.05) is 0 Å². The first-order chi connectivity index (χ1) is 6.62. The van der Waals surface area contributed by atoms with Gasteiger partial charge in [-0.05, 0) is 6.07 Å². The Morgan fingerprint density at radius 3 is 1.87 bits per heavy atom. The Hall–Kier alpha value is -1.27. The maximum Gasteiger partial charge on any atom is 0.478 e. The molecule has 1 aromatic heterocycles. The van der Waals surface area contributed by atoms with E-state index in [0.29, 0.717) is 6.07 Å². The van der Waals surface area contributed by atoms with Crippen LogP contribution < -0.4 is 4.98 Å². The summed E-state index contributed by atoms with van der Waals surface area (Å²) >= 11 is 0. The van der Waals surface area contributed by atoms with Crippen LogP contribution in [-0.2, 0) is 12.4 Å². The van der Waals surface area contributed by atoms with Gasteiger partial charge < -0.3 is 0 Å². The van der Waals surface area contributed by atoms with Crippen LogP contribution in [0.4, 0.5) is 26.3 Å².